The van der Waals surface area contributed by atoms with Gasteiger partial charge in [-0.25, -0.2) is 0 Å². The molecule has 0 saturated carbocycles. The highest BCUT2D eigenvalue weighted by atomic mass is 16.5. The van der Waals surface area contributed by atoms with E-state index < -0.39 is 5.60 Å². The Bertz CT molecular complexity index is 283. The van der Waals surface area contributed by atoms with Gasteiger partial charge >= 0.3 is 0 Å². The lowest BCUT2D eigenvalue weighted by molar-refractivity contribution is 0.0430. The largest absolute Gasteiger partial charge is 0.387 e. The van der Waals surface area contributed by atoms with Crippen LogP contribution in [0.2, 0.25) is 0 Å². The predicted octanol–water partition coefficient (Wildman–Crippen LogP) is 0.961. The second-order valence-electron chi connectivity index (χ2n) is 3.92. The first-order valence-corrected chi connectivity index (χ1v) is 5.19. The normalized spacial score (nSPS) is 32.1. The van der Waals surface area contributed by atoms with Gasteiger partial charge in [-0.1, -0.05) is 6.92 Å². The highest BCUT2D eigenvalue weighted by Crippen LogP contribution is 2.32. The van der Waals surface area contributed by atoms with Crippen LogP contribution in [0.15, 0.2) is 23.4 Å². The molecule has 0 aromatic rings. The molecule has 0 amide bonds. The molecule has 2 N–H and O–H groups in total. The first-order valence-electron chi connectivity index (χ1n) is 5.19. The molecule has 3 heteroatoms. The van der Waals surface area contributed by atoms with Gasteiger partial charge in [-0.2, -0.15) is 0 Å². The van der Waals surface area contributed by atoms with E-state index in [9.17, 15) is 5.11 Å². The fraction of sp³-hybridized carbons (Fsp3) is 0.636. The lowest BCUT2D eigenvalue weighted by atomic mass is 9.84. The molecule has 0 aromatic heterocycles. The van der Waals surface area contributed by atoms with Gasteiger partial charge in [0, 0.05) is 13.0 Å². The highest BCUT2D eigenvalue weighted by molar-refractivity contribution is 5.38. The van der Waals surface area contributed by atoms with Crippen LogP contribution in [0.3, 0.4) is 0 Å². The van der Waals surface area contributed by atoms with Crippen LogP contribution in [0.25, 0.3) is 0 Å². The zero-order valence-electron chi connectivity index (χ0n) is 8.55. The molecule has 2 aliphatic rings. The summed E-state index contributed by atoms with van der Waals surface area (Å²) < 4.78 is 5.47. The third-order valence-electron chi connectivity index (χ3n) is 3.09. The summed E-state index contributed by atoms with van der Waals surface area (Å²) in [5.74, 6) is 0. The highest BCUT2D eigenvalue weighted by Gasteiger charge is 2.33. The van der Waals surface area contributed by atoms with Crippen molar-refractivity contribution < 1.29 is 9.84 Å². The van der Waals surface area contributed by atoms with Crippen molar-refractivity contribution in [2.75, 3.05) is 19.8 Å². The molecule has 0 fully saturated rings. The Hall–Kier alpha value is -0.800. The van der Waals surface area contributed by atoms with Gasteiger partial charge in [0.1, 0.15) is 0 Å². The third-order valence-corrected chi connectivity index (χ3v) is 3.09. The van der Waals surface area contributed by atoms with Crippen LogP contribution >= 0.6 is 0 Å². The maximum Gasteiger partial charge on any atom is 0.0917 e. The van der Waals surface area contributed by atoms with E-state index >= 15 is 0 Å². The van der Waals surface area contributed by atoms with Crippen molar-refractivity contribution in [3.63, 3.8) is 0 Å². The van der Waals surface area contributed by atoms with Gasteiger partial charge in [0.15, 0.2) is 0 Å². The molecular weight excluding hydrogens is 178 g/mol. The molecule has 0 aliphatic carbocycles. The molecule has 14 heavy (non-hydrogen) atoms. The minimum atomic E-state index is -0.676. The minimum Gasteiger partial charge on any atom is -0.387 e. The van der Waals surface area contributed by atoms with Crippen molar-refractivity contribution in [1.82, 2.24) is 5.32 Å². The van der Waals surface area contributed by atoms with Crippen molar-refractivity contribution in [1.29, 1.82) is 0 Å². The zero-order chi connectivity index (χ0) is 10.0. The molecule has 2 aliphatic heterocycles. The molecule has 0 unspecified atom stereocenters. The van der Waals surface area contributed by atoms with E-state index in [0.29, 0.717) is 19.6 Å². The first-order chi connectivity index (χ1) is 6.76. The average molecular weight is 195 g/mol. The van der Waals surface area contributed by atoms with Crippen molar-refractivity contribution in [3.8, 4) is 0 Å². The Morgan fingerprint density at radius 2 is 2.50 bits per heavy atom. The third kappa shape index (κ3) is 1.57. The molecule has 2 rings (SSSR count). The first kappa shape index (κ1) is 9.74. The molecule has 1 atom stereocenters. The van der Waals surface area contributed by atoms with Gasteiger partial charge in [0.05, 0.1) is 18.8 Å². The van der Waals surface area contributed by atoms with E-state index in [-0.39, 0.29) is 0 Å². The van der Waals surface area contributed by atoms with Crippen molar-refractivity contribution >= 4 is 0 Å². The standard InChI is InChI=1S/C11H17NO2/c1-2-11(13)4-6-14-8-9-7-12-5-3-10(9)11/h3,5,12-13H,2,4,6-8H2,1H3/t11-/m0/s1. The quantitative estimate of drug-likeness (QED) is 0.655. The summed E-state index contributed by atoms with van der Waals surface area (Å²) in [5.41, 5.74) is 1.58. The Morgan fingerprint density at radius 3 is 3.29 bits per heavy atom. The number of ether oxygens (including phenoxy) is 1. The summed E-state index contributed by atoms with van der Waals surface area (Å²) in [4.78, 5) is 0. The number of hydrogen-bond acceptors (Lipinski definition) is 3. The smallest absolute Gasteiger partial charge is 0.0917 e. The van der Waals surface area contributed by atoms with Crippen LogP contribution in [0.5, 0.6) is 0 Å². The average Bonchev–Trinajstić information content (AvgIpc) is 2.40. The molecule has 0 radical (unpaired) electrons. The summed E-state index contributed by atoms with van der Waals surface area (Å²) in [5, 5.41) is 13.6. The molecule has 2 heterocycles. The van der Waals surface area contributed by atoms with Gasteiger partial charge in [-0.3, -0.25) is 0 Å². The molecule has 0 spiro atoms. The van der Waals surface area contributed by atoms with E-state index in [1.54, 1.807) is 0 Å². The van der Waals surface area contributed by atoms with Gasteiger partial charge < -0.3 is 15.2 Å². The van der Waals surface area contributed by atoms with Gasteiger partial charge in [0.25, 0.3) is 0 Å². The van der Waals surface area contributed by atoms with E-state index in [0.717, 1.165) is 18.5 Å². The van der Waals surface area contributed by atoms with Crippen molar-refractivity contribution in [2.24, 2.45) is 0 Å². The van der Waals surface area contributed by atoms with Crippen molar-refractivity contribution in [2.45, 2.75) is 25.4 Å². The summed E-state index contributed by atoms with van der Waals surface area (Å²) >= 11 is 0. The van der Waals surface area contributed by atoms with E-state index in [1.807, 2.05) is 19.2 Å². The number of hydrogen-bond donors (Lipinski definition) is 2. The van der Waals surface area contributed by atoms with Crippen LogP contribution in [0.1, 0.15) is 19.8 Å². The Labute approximate surface area is 84.5 Å². The molecule has 0 bridgehead atoms. The van der Waals surface area contributed by atoms with Crippen molar-refractivity contribution in [3.05, 3.63) is 23.4 Å². The van der Waals surface area contributed by atoms with Crippen LogP contribution < -0.4 is 5.32 Å². The van der Waals surface area contributed by atoms with Crippen LogP contribution in [0.4, 0.5) is 0 Å². The topological polar surface area (TPSA) is 41.5 Å². The SMILES string of the molecule is CC[C@]1(O)CCOCC2=C1C=CNC2. The fourth-order valence-electron chi connectivity index (χ4n) is 2.09. The summed E-state index contributed by atoms with van der Waals surface area (Å²) in [6.07, 6.45) is 5.34. The molecular formula is C11H17NO2. The molecule has 78 valence electrons. The summed E-state index contributed by atoms with van der Waals surface area (Å²) in [6, 6.07) is 0. The van der Waals surface area contributed by atoms with Crippen LogP contribution in [-0.4, -0.2) is 30.5 Å². The van der Waals surface area contributed by atoms with Crippen LogP contribution in [0, 0.1) is 0 Å². The zero-order valence-corrected chi connectivity index (χ0v) is 8.55. The number of aliphatic hydroxyl groups is 1. The number of nitrogens with one attached hydrogen (secondary N) is 1. The summed E-state index contributed by atoms with van der Waals surface area (Å²) in [6.45, 7) is 4.11. The maximum atomic E-state index is 10.4. The Balaban J connectivity index is 2.36. The monoisotopic (exact) mass is 195 g/mol. The van der Waals surface area contributed by atoms with E-state index in [4.69, 9.17) is 4.74 Å². The Morgan fingerprint density at radius 1 is 1.64 bits per heavy atom. The van der Waals surface area contributed by atoms with Gasteiger partial charge in [-0.05, 0) is 29.8 Å². The fourth-order valence-corrected chi connectivity index (χ4v) is 2.09. The maximum absolute atomic E-state index is 10.4. The predicted molar refractivity (Wildman–Crippen MR) is 54.8 cm³/mol. The van der Waals surface area contributed by atoms with Gasteiger partial charge in [0.2, 0.25) is 0 Å². The minimum absolute atomic E-state index is 0.644. The Kier molecular flexibility index (Phi) is 2.61. The lowest BCUT2D eigenvalue weighted by Gasteiger charge is -2.29. The van der Waals surface area contributed by atoms with E-state index in [1.165, 1.54) is 5.57 Å². The molecule has 0 aromatic carbocycles. The second kappa shape index (κ2) is 3.75. The van der Waals surface area contributed by atoms with E-state index in [2.05, 4.69) is 5.32 Å². The molecule has 0 saturated heterocycles. The van der Waals surface area contributed by atoms with Gasteiger partial charge in [-0.15, -0.1) is 0 Å². The number of rotatable bonds is 1. The lowest BCUT2D eigenvalue weighted by Crippen LogP contribution is -2.33. The molecule has 3 nitrogen and oxygen atoms in total. The second-order valence-corrected chi connectivity index (χ2v) is 3.92. The van der Waals surface area contributed by atoms with Crippen LogP contribution in [-0.2, 0) is 4.74 Å². The number of dihydropyridines is 1. The summed E-state index contributed by atoms with van der Waals surface area (Å²) in [7, 11) is 0.